The number of hydrogen-bond acceptors (Lipinski definition) is 5. The van der Waals surface area contributed by atoms with Crippen LogP contribution in [0.4, 0.5) is 0 Å². The van der Waals surface area contributed by atoms with Gasteiger partial charge in [0.05, 0.1) is 5.75 Å². The van der Waals surface area contributed by atoms with Crippen molar-refractivity contribution in [1.82, 2.24) is 10.1 Å². The normalized spacial score (nSPS) is 13.2. The van der Waals surface area contributed by atoms with Gasteiger partial charge in [-0.25, -0.2) is 8.42 Å². The molecule has 6 heteroatoms. The third kappa shape index (κ3) is 3.33. The first-order chi connectivity index (χ1) is 11.5. The maximum absolute atomic E-state index is 12.8. The predicted octanol–water partition coefficient (Wildman–Crippen LogP) is 3.85. The van der Waals surface area contributed by atoms with Crippen molar-refractivity contribution >= 4 is 20.6 Å². The molecule has 0 saturated carbocycles. The van der Waals surface area contributed by atoms with Gasteiger partial charge in [-0.1, -0.05) is 54.5 Å². The lowest BCUT2D eigenvalue weighted by atomic mass is 10.1. The van der Waals surface area contributed by atoms with E-state index in [1.54, 1.807) is 6.92 Å². The quantitative estimate of drug-likeness (QED) is 0.679. The topological polar surface area (TPSA) is 73.1 Å². The van der Waals surface area contributed by atoms with Crippen LogP contribution in [-0.4, -0.2) is 18.6 Å². The van der Waals surface area contributed by atoms with Crippen molar-refractivity contribution in [1.29, 1.82) is 0 Å². The molecule has 0 aliphatic heterocycles. The van der Waals surface area contributed by atoms with Crippen LogP contribution in [0.1, 0.15) is 42.8 Å². The molecular weight excluding hydrogens is 324 g/mol. The number of hydrogen-bond donors (Lipinski definition) is 0. The Hall–Kier alpha value is -2.21. The molecule has 0 aliphatic carbocycles. The smallest absolute Gasteiger partial charge is 0.244 e. The van der Waals surface area contributed by atoms with Crippen molar-refractivity contribution in [2.45, 2.75) is 37.7 Å². The number of benzene rings is 2. The first-order valence-electron chi connectivity index (χ1n) is 8.02. The zero-order valence-corrected chi connectivity index (χ0v) is 14.6. The average Bonchev–Trinajstić information content (AvgIpc) is 3.03. The van der Waals surface area contributed by atoms with Crippen LogP contribution in [0.5, 0.6) is 0 Å². The highest BCUT2D eigenvalue weighted by atomic mass is 32.2. The zero-order valence-electron chi connectivity index (χ0n) is 13.8. The van der Waals surface area contributed by atoms with Crippen LogP contribution in [0.25, 0.3) is 10.8 Å². The van der Waals surface area contributed by atoms with E-state index >= 15 is 0 Å². The van der Waals surface area contributed by atoms with Gasteiger partial charge in [0, 0.05) is 6.42 Å². The molecule has 1 aromatic heterocycles. The summed E-state index contributed by atoms with van der Waals surface area (Å²) in [5.41, 5.74) is 0.785. The second kappa shape index (κ2) is 6.73. The van der Waals surface area contributed by atoms with E-state index in [2.05, 4.69) is 10.1 Å². The van der Waals surface area contributed by atoms with Gasteiger partial charge < -0.3 is 4.52 Å². The lowest BCUT2D eigenvalue weighted by Crippen LogP contribution is -2.13. The molecule has 0 fully saturated rings. The third-order valence-corrected chi connectivity index (χ3v) is 6.07. The SMILES string of the molecule is CCCc1noc([C@H](C)S(=O)(=O)Cc2cccc3ccccc23)n1. The Morgan fingerprint density at radius 2 is 1.88 bits per heavy atom. The van der Waals surface area contributed by atoms with Gasteiger partial charge in [-0.05, 0) is 29.7 Å². The standard InChI is InChI=1S/C18H20N2O3S/c1-3-7-17-19-18(23-20-17)13(2)24(21,22)12-15-10-6-9-14-8-4-5-11-16(14)15/h4-6,8-11,13H,3,7,12H2,1-2H3/t13-/m0/s1. The van der Waals surface area contributed by atoms with E-state index in [9.17, 15) is 8.42 Å². The fourth-order valence-electron chi connectivity index (χ4n) is 2.67. The monoisotopic (exact) mass is 344 g/mol. The fourth-order valence-corrected chi connectivity index (χ4v) is 4.01. The van der Waals surface area contributed by atoms with Crippen LogP contribution >= 0.6 is 0 Å². The maximum atomic E-state index is 12.8. The zero-order chi connectivity index (χ0) is 17.2. The first kappa shape index (κ1) is 16.6. The summed E-state index contributed by atoms with van der Waals surface area (Å²) in [6.07, 6.45) is 1.57. The summed E-state index contributed by atoms with van der Waals surface area (Å²) in [4.78, 5) is 4.21. The molecule has 126 valence electrons. The van der Waals surface area contributed by atoms with E-state index in [4.69, 9.17) is 4.52 Å². The Kier molecular flexibility index (Phi) is 4.66. The fraction of sp³-hybridized carbons (Fsp3) is 0.333. The molecular formula is C18H20N2O3S. The van der Waals surface area contributed by atoms with Crippen molar-refractivity contribution in [2.75, 3.05) is 0 Å². The Labute approximate surface area is 141 Å². The van der Waals surface area contributed by atoms with Gasteiger partial charge in [0.2, 0.25) is 5.89 Å². The van der Waals surface area contributed by atoms with E-state index in [1.807, 2.05) is 49.4 Å². The summed E-state index contributed by atoms with van der Waals surface area (Å²) < 4.78 is 30.7. The Morgan fingerprint density at radius 1 is 1.12 bits per heavy atom. The molecule has 0 amide bonds. The van der Waals surface area contributed by atoms with Crippen molar-refractivity contribution in [3.8, 4) is 0 Å². The minimum Gasteiger partial charge on any atom is -0.338 e. The van der Waals surface area contributed by atoms with Crippen molar-refractivity contribution in [3.63, 3.8) is 0 Å². The largest absolute Gasteiger partial charge is 0.338 e. The third-order valence-electron chi connectivity index (χ3n) is 4.08. The van der Waals surface area contributed by atoms with Gasteiger partial charge in [0.25, 0.3) is 0 Å². The number of nitrogens with zero attached hydrogens (tertiary/aromatic N) is 2. The highest BCUT2D eigenvalue weighted by Gasteiger charge is 2.28. The van der Waals surface area contributed by atoms with Crippen LogP contribution in [-0.2, 0) is 22.0 Å². The molecule has 0 aliphatic rings. The molecule has 1 atom stereocenters. The molecule has 5 nitrogen and oxygen atoms in total. The van der Waals surface area contributed by atoms with Crippen LogP contribution in [0.3, 0.4) is 0 Å². The second-order valence-corrected chi connectivity index (χ2v) is 8.21. The summed E-state index contributed by atoms with van der Waals surface area (Å²) in [6.45, 7) is 3.61. The molecule has 0 spiro atoms. The molecule has 3 rings (SSSR count). The average molecular weight is 344 g/mol. The van der Waals surface area contributed by atoms with E-state index in [1.165, 1.54) is 0 Å². The minimum absolute atomic E-state index is 0.0546. The molecule has 1 heterocycles. The summed E-state index contributed by atoms with van der Waals surface area (Å²) in [6, 6.07) is 13.5. The Balaban J connectivity index is 1.89. The maximum Gasteiger partial charge on any atom is 0.244 e. The molecule has 0 unspecified atom stereocenters. The summed E-state index contributed by atoms with van der Waals surface area (Å²) in [7, 11) is -3.46. The summed E-state index contributed by atoms with van der Waals surface area (Å²) in [5, 5.41) is 5.00. The van der Waals surface area contributed by atoms with Gasteiger partial charge in [0.1, 0.15) is 5.25 Å². The van der Waals surface area contributed by atoms with Crippen molar-refractivity contribution in [3.05, 3.63) is 59.7 Å². The first-order valence-corrected chi connectivity index (χ1v) is 9.73. The number of fused-ring (bicyclic) bond motifs is 1. The van der Waals surface area contributed by atoms with Gasteiger partial charge in [-0.15, -0.1) is 0 Å². The molecule has 0 N–H and O–H groups in total. The number of aryl methyl sites for hydroxylation is 1. The van der Waals surface area contributed by atoms with Gasteiger partial charge in [-0.2, -0.15) is 4.98 Å². The van der Waals surface area contributed by atoms with Crippen LogP contribution in [0.2, 0.25) is 0 Å². The van der Waals surface area contributed by atoms with Gasteiger partial charge in [0.15, 0.2) is 15.7 Å². The molecule has 0 radical (unpaired) electrons. The molecule has 24 heavy (non-hydrogen) atoms. The number of sulfone groups is 1. The summed E-state index contributed by atoms with van der Waals surface area (Å²) >= 11 is 0. The van der Waals surface area contributed by atoms with Gasteiger partial charge in [-0.3, -0.25) is 0 Å². The predicted molar refractivity (Wildman–Crippen MR) is 93.3 cm³/mol. The van der Waals surface area contributed by atoms with E-state index < -0.39 is 15.1 Å². The highest BCUT2D eigenvalue weighted by molar-refractivity contribution is 7.90. The van der Waals surface area contributed by atoms with Crippen LogP contribution in [0, 0.1) is 0 Å². The molecule has 0 saturated heterocycles. The van der Waals surface area contributed by atoms with Gasteiger partial charge >= 0.3 is 0 Å². The molecule has 3 aromatic rings. The molecule has 0 bridgehead atoms. The second-order valence-electron chi connectivity index (χ2n) is 5.89. The van der Waals surface area contributed by atoms with E-state index in [0.29, 0.717) is 12.2 Å². The highest BCUT2D eigenvalue weighted by Crippen LogP contribution is 2.27. The molecule has 2 aromatic carbocycles. The lowest BCUT2D eigenvalue weighted by molar-refractivity contribution is 0.371. The Morgan fingerprint density at radius 3 is 2.67 bits per heavy atom. The van der Waals surface area contributed by atoms with Crippen LogP contribution in [0.15, 0.2) is 47.0 Å². The minimum atomic E-state index is -3.46. The van der Waals surface area contributed by atoms with Crippen LogP contribution < -0.4 is 0 Å². The van der Waals surface area contributed by atoms with Crippen molar-refractivity contribution in [2.24, 2.45) is 0 Å². The number of rotatable bonds is 6. The van der Waals surface area contributed by atoms with Crippen molar-refractivity contribution < 1.29 is 12.9 Å². The number of aromatic nitrogens is 2. The Bertz CT molecular complexity index is 942. The lowest BCUT2D eigenvalue weighted by Gasteiger charge is -2.11. The summed E-state index contributed by atoms with van der Waals surface area (Å²) in [5.74, 6) is 0.666. The van der Waals surface area contributed by atoms with E-state index in [-0.39, 0.29) is 11.6 Å². The van der Waals surface area contributed by atoms with E-state index in [0.717, 1.165) is 22.8 Å².